The molecule has 0 aromatic heterocycles. The molecule has 0 N–H and O–H groups in total. The summed E-state index contributed by atoms with van der Waals surface area (Å²) in [5.41, 5.74) is 0.380. The highest BCUT2D eigenvalue weighted by Crippen LogP contribution is 2.06. The minimum atomic E-state index is -0.386. The topological polar surface area (TPSA) is 17.1 Å². The fourth-order valence-electron chi connectivity index (χ4n) is 0.868. The molecule has 0 unspecified atom stereocenters. The molecular weight excluding hydrogens is 186 g/mol. The number of hydrogen-bond acceptors (Lipinski definition) is 2. The molecule has 0 aliphatic carbocycles. The van der Waals surface area contributed by atoms with E-state index in [1.807, 2.05) is 7.12 Å². The second-order valence-corrected chi connectivity index (χ2v) is 3.16. The van der Waals surface area contributed by atoms with Gasteiger partial charge in [-0.15, -0.1) is 0 Å². The molecule has 0 aliphatic rings. The van der Waals surface area contributed by atoms with Gasteiger partial charge in [-0.2, -0.15) is 11.6 Å². The van der Waals surface area contributed by atoms with Crippen molar-refractivity contribution in [2.75, 3.05) is 0 Å². The molecular formula is C9H8BFOS. The van der Waals surface area contributed by atoms with E-state index in [0.29, 0.717) is 5.56 Å². The van der Waals surface area contributed by atoms with E-state index in [2.05, 4.69) is 0 Å². The van der Waals surface area contributed by atoms with E-state index in [9.17, 15) is 9.18 Å². The Balaban J connectivity index is 2.83. The number of carbonyl (C=O) groups excluding carboxylic acids is 1. The van der Waals surface area contributed by atoms with Crippen LogP contribution in [0.25, 0.3) is 0 Å². The molecule has 0 atom stereocenters. The van der Waals surface area contributed by atoms with Gasteiger partial charge in [-0.25, -0.2) is 4.39 Å². The molecule has 13 heavy (non-hydrogen) atoms. The maximum Gasteiger partial charge on any atom is 0.186 e. The van der Waals surface area contributed by atoms with Crippen LogP contribution in [0, 0.1) is 5.82 Å². The molecule has 0 spiro atoms. The molecule has 1 aromatic carbocycles. The van der Waals surface area contributed by atoms with Gasteiger partial charge in [0.2, 0.25) is 0 Å². The molecule has 0 saturated carbocycles. The first-order valence-corrected chi connectivity index (χ1v) is 5.02. The number of ketones is 1. The summed E-state index contributed by atoms with van der Waals surface area (Å²) in [6.07, 6.45) is 1.43. The summed E-state index contributed by atoms with van der Waals surface area (Å²) in [4.78, 5) is 11.3. The van der Waals surface area contributed by atoms with Crippen LogP contribution in [0.3, 0.4) is 0 Å². The first kappa shape index (κ1) is 10.1. The first-order chi connectivity index (χ1) is 6.24. The quantitative estimate of drug-likeness (QED) is 0.414. The van der Waals surface area contributed by atoms with Crippen molar-refractivity contribution >= 4 is 24.5 Å². The summed E-state index contributed by atoms with van der Waals surface area (Å²) in [6.45, 7) is 0. The Bertz CT molecular complexity index is 338. The van der Waals surface area contributed by atoms with Crippen molar-refractivity contribution in [3.63, 3.8) is 0 Å². The van der Waals surface area contributed by atoms with E-state index in [-0.39, 0.29) is 11.6 Å². The van der Waals surface area contributed by atoms with Gasteiger partial charge in [-0.05, 0) is 23.6 Å². The monoisotopic (exact) mass is 194 g/mol. The van der Waals surface area contributed by atoms with Crippen LogP contribution in [0.5, 0.6) is 0 Å². The van der Waals surface area contributed by atoms with Crippen molar-refractivity contribution < 1.29 is 9.18 Å². The zero-order valence-electron chi connectivity index (χ0n) is 7.16. The molecule has 4 heteroatoms. The average molecular weight is 194 g/mol. The standard InChI is InChI=1S/C9H8BFOS/c10-13-5-4-9(12)7-2-1-3-8(11)6-7/h1-6H,10H2/b5-4+. The Labute approximate surface area is 81.3 Å². The van der Waals surface area contributed by atoms with E-state index in [4.69, 9.17) is 0 Å². The second kappa shape index (κ2) is 4.87. The van der Waals surface area contributed by atoms with Crippen molar-refractivity contribution in [1.29, 1.82) is 0 Å². The van der Waals surface area contributed by atoms with E-state index in [1.54, 1.807) is 11.5 Å². The van der Waals surface area contributed by atoms with Crippen molar-refractivity contribution in [2.45, 2.75) is 0 Å². The third-order valence-electron chi connectivity index (χ3n) is 1.46. The van der Waals surface area contributed by atoms with Gasteiger partial charge in [0.05, 0.1) is 0 Å². The third kappa shape index (κ3) is 3.07. The van der Waals surface area contributed by atoms with E-state index < -0.39 is 0 Å². The largest absolute Gasteiger partial charge is 0.289 e. The maximum absolute atomic E-state index is 12.7. The lowest BCUT2D eigenvalue weighted by Crippen LogP contribution is -1.93. The molecule has 0 radical (unpaired) electrons. The minimum absolute atomic E-state index is 0.172. The van der Waals surface area contributed by atoms with Crippen LogP contribution in [0.4, 0.5) is 4.39 Å². The van der Waals surface area contributed by atoms with E-state index >= 15 is 0 Å². The summed E-state index contributed by atoms with van der Waals surface area (Å²) >= 11 is 1.43. The van der Waals surface area contributed by atoms with Gasteiger partial charge in [0, 0.05) is 5.56 Å². The Kier molecular flexibility index (Phi) is 3.77. The third-order valence-corrected chi connectivity index (χ3v) is 1.87. The average Bonchev–Trinajstić information content (AvgIpc) is 2.14. The molecule has 0 saturated heterocycles. The minimum Gasteiger partial charge on any atom is -0.289 e. The number of halogens is 1. The van der Waals surface area contributed by atoms with Gasteiger partial charge in [-0.1, -0.05) is 12.1 Å². The molecule has 1 nitrogen and oxygen atoms in total. The summed E-state index contributed by atoms with van der Waals surface area (Å²) in [5.74, 6) is -0.558. The lowest BCUT2D eigenvalue weighted by atomic mass is 10.1. The highest BCUT2D eigenvalue weighted by Gasteiger charge is 2.01. The van der Waals surface area contributed by atoms with E-state index in [1.165, 1.54) is 35.9 Å². The Morgan fingerprint density at radius 3 is 2.92 bits per heavy atom. The lowest BCUT2D eigenvalue weighted by molar-refractivity contribution is 0.104. The molecule has 1 rings (SSSR count). The van der Waals surface area contributed by atoms with Crippen LogP contribution >= 0.6 is 11.6 Å². The smallest absolute Gasteiger partial charge is 0.186 e. The Hall–Kier alpha value is -1.03. The van der Waals surface area contributed by atoms with Gasteiger partial charge in [0.1, 0.15) is 5.82 Å². The van der Waals surface area contributed by atoms with Crippen LogP contribution in [-0.2, 0) is 0 Å². The van der Waals surface area contributed by atoms with E-state index in [0.717, 1.165) is 0 Å². The highest BCUT2D eigenvalue weighted by molar-refractivity contribution is 8.22. The van der Waals surface area contributed by atoms with Gasteiger partial charge >= 0.3 is 0 Å². The number of rotatable bonds is 3. The summed E-state index contributed by atoms with van der Waals surface area (Å²) in [5, 5.41) is 1.67. The Morgan fingerprint density at radius 2 is 2.31 bits per heavy atom. The molecule has 0 aliphatic heterocycles. The summed E-state index contributed by atoms with van der Waals surface area (Å²) in [6, 6.07) is 5.66. The molecule has 0 amide bonds. The fourth-order valence-corrected chi connectivity index (χ4v) is 1.13. The zero-order chi connectivity index (χ0) is 9.68. The predicted octanol–water partition coefficient (Wildman–Crippen LogP) is 1.80. The second-order valence-electron chi connectivity index (χ2n) is 2.41. The molecule has 0 heterocycles. The number of hydrogen-bond donors (Lipinski definition) is 0. The van der Waals surface area contributed by atoms with Crippen molar-refractivity contribution in [1.82, 2.24) is 0 Å². The van der Waals surface area contributed by atoms with Gasteiger partial charge in [-0.3, -0.25) is 4.79 Å². The van der Waals surface area contributed by atoms with Crippen LogP contribution in [0.1, 0.15) is 10.4 Å². The highest BCUT2D eigenvalue weighted by atomic mass is 32.2. The van der Waals surface area contributed by atoms with Gasteiger partial charge in [0.15, 0.2) is 12.9 Å². The van der Waals surface area contributed by atoms with Crippen LogP contribution in [0.2, 0.25) is 0 Å². The first-order valence-electron chi connectivity index (χ1n) is 3.73. The van der Waals surface area contributed by atoms with Crippen LogP contribution < -0.4 is 0 Å². The van der Waals surface area contributed by atoms with Crippen molar-refractivity contribution in [3.8, 4) is 0 Å². The summed E-state index contributed by atoms with van der Waals surface area (Å²) < 4.78 is 12.7. The molecule has 0 fully saturated rings. The zero-order valence-corrected chi connectivity index (χ0v) is 7.98. The van der Waals surface area contributed by atoms with Gasteiger partial charge < -0.3 is 0 Å². The van der Waals surface area contributed by atoms with Crippen molar-refractivity contribution in [2.24, 2.45) is 0 Å². The fraction of sp³-hybridized carbons (Fsp3) is 0. The molecule has 1 aromatic rings. The van der Waals surface area contributed by atoms with Crippen molar-refractivity contribution in [3.05, 3.63) is 47.1 Å². The molecule has 0 bridgehead atoms. The van der Waals surface area contributed by atoms with Crippen LogP contribution in [-0.4, -0.2) is 12.9 Å². The van der Waals surface area contributed by atoms with Crippen LogP contribution in [0.15, 0.2) is 35.7 Å². The number of allylic oxidation sites excluding steroid dienone is 1. The summed E-state index contributed by atoms with van der Waals surface area (Å²) in [7, 11) is 1.86. The van der Waals surface area contributed by atoms with Gasteiger partial charge in [0.25, 0.3) is 0 Å². The Morgan fingerprint density at radius 1 is 1.54 bits per heavy atom. The molecule has 66 valence electrons. The predicted molar refractivity (Wildman–Crippen MR) is 56.0 cm³/mol. The SMILES string of the molecule is BS/C=C/C(=O)c1cccc(F)c1. The normalized spacial score (nSPS) is 10.5. The maximum atomic E-state index is 12.7. The number of benzene rings is 1. The lowest BCUT2D eigenvalue weighted by Gasteiger charge is -1.94. The number of carbonyl (C=O) groups is 1.